The van der Waals surface area contributed by atoms with Crippen molar-refractivity contribution >= 4 is 6.09 Å². The normalized spacial score (nSPS) is 28.4. The third-order valence-corrected chi connectivity index (χ3v) is 6.11. The minimum atomic E-state index is -0.613. The molecule has 2 fully saturated rings. The maximum absolute atomic E-state index is 13.3. The van der Waals surface area contributed by atoms with Crippen LogP contribution in [0.15, 0.2) is 86.0 Å². The van der Waals surface area contributed by atoms with Crippen molar-refractivity contribution in [3.05, 3.63) is 97.1 Å². The number of amides is 1. The molecule has 0 bridgehead atoms. The smallest absolute Gasteiger partial charge is 0.410 e. The van der Waals surface area contributed by atoms with E-state index < -0.39 is 36.9 Å². The van der Waals surface area contributed by atoms with E-state index in [2.05, 4.69) is 13.2 Å². The number of benzene rings is 2. The quantitative estimate of drug-likeness (QED) is 0.536. The van der Waals surface area contributed by atoms with Crippen LogP contribution in [0, 0.1) is 5.92 Å². The molecule has 0 saturated carbocycles. The largest absolute Gasteiger partial charge is 0.445 e. The van der Waals surface area contributed by atoms with E-state index in [4.69, 9.17) is 23.7 Å². The van der Waals surface area contributed by atoms with Crippen molar-refractivity contribution in [1.82, 2.24) is 4.90 Å². The van der Waals surface area contributed by atoms with Gasteiger partial charge in [-0.15, -0.1) is 13.2 Å². The van der Waals surface area contributed by atoms with Crippen LogP contribution in [-0.2, 0) is 30.3 Å². The Hall–Kier alpha value is -2.97. The van der Waals surface area contributed by atoms with Crippen molar-refractivity contribution in [2.75, 3.05) is 20.3 Å². The number of hydrogen-bond acceptors (Lipinski definition) is 6. The van der Waals surface area contributed by atoms with Gasteiger partial charge in [0.25, 0.3) is 0 Å². The molecule has 0 radical (unpaired) electrons. The minimum Gasteiger partial charge on any atom is -0.445 e. The van der Waals surface area contributed by atoms with Gasteiger partial charge in [-0.3, -0.25) is 4.90 Å². The van der Waals surface area contributed by atoms with Crippen LogP contribution in [0.25, 0.3) is 0 Å². The fraction of sp³-hybridized carbons (Fsp3) is 0.370. The summed E-state index contributed by atoms with van der Waals surface area (Å²) in [7, 11) is 1.57. The Morgan fingerprint density at radius 2 is 1.79 bits per heavy atom. The van der Waals surface area contributed by atoms with E-state index in [0.29, 0.717) is 6.61 Å². The standard InChI is InChI=1S/C27H31NO6/c1-4-16-28(27(29)32-17-19-12-8-6-9-13-19)23-21(5-2)26(30-3)33-22-18-31-25(34-24(22)23)20-14-10-7-11-15-20/h4-15,21-26H,1-2,16-18H2,3H3/t21-,22+,23-,24+,25?,26+/m0/s1. The number of carbonyl (C=O) groups is 1. The molecular formula is C27H31NO6. The summed E-state index contributed by atoms with van der Waals surface area (Å²) >= 11 is 0. The zero-order valence-electron chi connectivity index (χ0n) is 19.3. The molecule has 0 aromatic heterocycles. The molecule has 2 aromatic rings. The lowest BCUT2D eigenvalue weighted by molar-refractivity contribution is -0.335. The third-order valence-electron chi connectivity index (χ3n) is 6.11. The summed E-state index contributed by atoms with van der Waals surface area (Å²) in [6.45, 7) is 8.56. The van der Waals surface area contributed by atoms with E-state index in [1.165, 1.54) is 0 Å². The van der Waals surface area contributed by atoms with Gasteiger partial charge in [0.2, 0.25) is 0 Å². The fourth-order valence-electron chi connectivity index (χ4n) is 4.50. The first-order valence-electron chi connectivity index (χ1n) is 11.4. The maximum atomic E-state index is 13.3. The van der Waals surface area contributed by atoms with Crippen LogP contribution in [0.2, 0.25) is 0 Å². The van der Waals surface area contributed by atoms with E-state index in [0.717, 1.165) is 11.1 Å². The first-order chi connectivity index (χ1) is 16.7. The topological polar surface area (TPSA) is 66.5 Å². The van der Waals surface area contributed by atoms with Crippen molar-refractivity contribution in [1.29, 1.82) is 0 Å². The Balaban J connectivity index is 1.61. The van der Waals surface area contributed by atoms with Crippen molar-refractivity contribution in [3.63, 3.8) is 0 Å². The monoisotopic (exact) mass is 465 g/mol. The molecule has 0 aliphatic carbocycles. The molecule has 7 nitrogen and oxygen atoms in total. The Bertz CT molecular complexity index is 952. The molecule has 1 amide bonds. The van der Waals surface area contributed by atoms with Gasteiger partial charge >= 0.3 is 6.09 Å². The van der Waals surface area contributed by atoms with Crippen LogP contribution in [0.4, 0.5) is 4.79 Å². The summed E-state index contributed by atoms with van der Waals surface area (Å²) in [6.07, 6.45) is 0.832. The fourth-order valence-corrected chi connectivity index (χ4v) is 4.50. The van der Waals surface area contributed by atoms with Crippen LogP contribution in [0.1, 0.15) is 17.4 Å². The highest BCUT2D eigenvalue weighted by Crippen LogP contribution is 2.39. The van der Waals surface area contributed by atoms with Crippen molar-refractivity contribution in [3.8, 4) is 0 Å². The first kappa shape index (κ1) is 24.2. The van der Waals surface area contributed by atoms with E-state index in [1.54, 1.807) is 24.2 Å². The molecule has 2 aromatic carbocycles. The van der Waals surface area contributed by atoms with Crippen molar-refractivity contribution in [2.45, 2.75) is 37.4 Å². The highest BCUT2D eigenvalue weighted by atomic mass is 16.7. The maximum Gasteiger partial charge on any atom is 0.410 e. The molecule has 6 atom stereocenters. The Morgan fingerprint density at radius 3 is 2.44 bits per heavy atom. The molecule has 0 N–H and O–H groups in total. The van der Waals surface area contributed by atoms with Crippen LogP contribution >= 0.6 is 0 Å². The number of rotatable bonds is 8. The summed E-state index contributed by atoms with van der Waals surface area (Å²) in [5.41, 5.74) is 1.80. The molecule has 2 saturated heterocycles. The van der Waals surface area contributed by atoms with Gasteiger partial charge in [0.15, 0.2) is 12.6 Å². The van der Waals surface area contributed by atoms with E-state index in [9.17, 15) is 4.79 Å². The van der Waals surface area contributed by atoms with Gasteiger partial charge in [-0.25, -0.2) is 4.79 Å². The molecule has 2 aliphatic rings. The number of nitrogens with zero attached hydrogens (tertiary/aromatic N) is 1. The van der Waals surface area contributed by atoms with Gasteiger partial charge in [0.1, 0.15) is 18.8 Å². The molecule has 180 valence electrons. The Kier molecular flexibility index (Phi) is 8.13. The molecule has 2 heterocycles. The van der Waals surface area contributed by atoms with Gasteiger partial charge < -0.3 is 23.7 Å². The van der Waals surface area contributed by atoms with Crippen LogP contribution < -0.4 is 0 Å². The van der Waals surface area contributed by atoms with Crippen molar-refractivity contribution < 1.29 is 28.5 Å². The second kappa shape index (κ2) is 11.4. The summed E-state index contributed by atoms with van der Waals surface area (Å²) in [5, 5.41) is 0. The Morgan fingerprint density at radius 1 is 1.09 bits per heavy atom. The van der Waals surface area contributed by atoms with E-state index in [1.807, 2.05) is 60.7 Å². The average Bonchev–Trinajstić information content (AvgIpc) is 2.90. The molecule has 34 heavy (non-hydrogen) atoms. The van der Waals surface area contributed by atoms with E-state index >= 15 is 0 Å². The summed E-state index contributed by atoms with van der Waals surface area (Å²) in [5.74, 6) is -0.356. The van der Waals surface area contributed by atoms with Gasteiger partial charge in [-0.2, -0.15) is 0 Å². The number of ether oxygens (including phenoxy) is 5. The number of carbonyl (C=O) groups excluding carboxylic acids is 1. The molecule has 1 unspecified atom stereocenters. The predicted octanol–water partition coefficient (Wildman–Crippen LogP) is 4.47. The van der Waals surface area contributed by atoms with Gasteiger partial charge in [0.05, 0.1) is 18.6 Å². The van der Waals surface area contributed by atoms with Gasteiger partial charge in [-0.1, -0.05) is 72.8 Å². The van der Waals surface area contributed by atoms with Crippen LogP contribution in [0.5, 0.6) is 0 Å². The zero-order valence-corrected chi connectivity index (χ0v) is 19.3. The van der Waals surface area contributed by atoms with Crippen LogP contribution in [0.3, 0.4) is 0 Å². The second-order valence-electron chi connectivity index (χ2n) is 8.24. The van der Waals surface area contributed by atoms with Gasteiger partial charge in [-0.05, 0) is 5.56 Å². The lowest BCUT2D eigenvalue weighted by Gasteiger charge is -2.51. The highest BCUT2D eigenvalue weighted by molar-refractivity contribution is 5.68. The first-order valence-corrected chi connectivity index (χ1v) is 11.4. The number of fused-ring (bicyclic) bond motifs is 1. The number of hydrogen-bond donors (Lipinski definition) is 0. The second-order valence-corrected chi connectivity index (χ2v) is 8.24. The minimum absolute atomic E-state index is 0.160. The Labute approximate surface area is 200 Å². The zero-order chi connectivity index (χ0) is 23.9. The molecule has 0 spiro atoms. The SMILES string of the molecule is C=CCN(C(=O)OCc1ccccc1)[C@H]1[C@H](C=C)[C@H](OC)O[C@@H]2COC(c3ccccc3)O[C@@H]12. The average molecular weight is 466 g/mol. The lowest BCUT2D eigenvalue weighted by Crippen LogP contribution is -2.65. The molecule has 4 rings (SSSR count). The predicted molar refractivity (Wildman–Crippen MR) is 127 cm³/mol. The molecule has 2 aliphatic heterocycles. The highest BCUT2D eigenvalue weighted by Gasteiger charge is 2.52. The summed E-state index contributed by atoms with van der Waals surface area (Å²) in [6, 6.07) is 18.8. The lowest BCUT2D eigenvalue weighted by atomic mass is 9.86. The van der Waals surface area contributed by atoms with Crippen LogP contribution in [-0.4, -0.2) is 55.8 Å². The van der Waals surface area contributed by atoms with Crippen molar-refractivity contribution in [2.24, 2.45) is 5.92 Å². The summed E-state index contributed by atoms with van der Waals surface area (Å²) in [4.78, 5) is 15.0. The van der Waals surface area contributed by atoms with Gasteiger partial charge in [0, 0.05) is 19.2 Å². The van der Waals surface area contributed by atoms with E-state index in [-0.39, 0.29) is 19.1 Å². The number of methoxy groups -OCH3 is 1. The summed E-state index contributed by atoms with van der Waals surface area (Å²) < 4.78 is 29.8. The molecular weight excluding hydrogens is 434 g/mol. The third kappa shape index (κ3) is 5.23. The molecule has 7 heteroatoms.